The molecular formula is C20H21N5O4. The maximum atomic E-state index is 12.4. The Bertz CT molecular complexity index is 1170. The van der Waals surface area contributed by atoms with Crippen LogP contribution in [0.5, 0.6) is 0 Å². The molecule has 3 rings (SSSR count). The summed E-state index contributed by atoms with van der Waals surface area (Å²) in [5.41, 5.74) is 0.969. The molecule has 0 bridgehead atoms. The fourth-order valence-electron chi connectivity index (χ4n) is 2.41. The number of nitrogens with one attached hydrogen (secondary N) is 3. The zero-order valence-electron chi connectivity index (χ0n) is 16.5. The molecule has 0 spiro atoms. The number of fused-ring (bicyclic) bond motifs is 1. The summed E-state index contributed by atoms with van der Waals surface area (Å²) in [6.45, 7) is 5.28. The molecule has 9 heteroatoms. The van der Waals surface area contributed by atoms with Gasteiger partial charge in [-0.15, -0.1) is 0 Å². The summed E-state index contributed by atoms with van der Waals surface area (Å²) in [5, 5.41) is 2.88. The number of nitrogens with zero attached hydrogens (tertiary/aromatic N) is 2. The Kier molecular flexibility index (Phi) is 5.31. The molecule has 3 heterocycles. The van der Waals surface area contributed by atoms with Crippen LogP contribution in [0.4, 0.5) is 5.95 Å². The third-order valence-electron chi connectivity index (χ3n) is 4.08. The average molecular weight is 395 g/mol. The third kappa shape index (κ3) is 4.57. The van der Waals surface area contributed by atoms with Crippen molar-refractivity contribution in [1.29, 1.82) is 0 Å². The molecule has 0 aliphatic rings. The van der Waals surface area contributed by atoms with Crippen LogP contribution in [-0.2, 0) is 9.53 Å². The molecule has 3 aromatic rings. The predicted molar refractivity (Wildman–Crippen MR) is 109 cm³/mol. The van der Waals surface area contributed by atoms with E-state index in [1.54, 1.807) is 57.4 Å². The highest BCUT2D eigenvalue weighted by Gasteiger charge is 2.22. The Morgan fingerprint density at radius 2 is 1.97 bits per heavy atom. The number of hydrogen-bond acceptors (Lipinski definition) is 6. The lowest BCUT2D eigenvalue weighted by molar-refractivity contribution is -0.123. The molecule has 0 atom stereocenters. The molecule has 29 heavy (non-hydrogen) atoms. The van der Waals surface area contributed by atoms with E-state index in [-0.39, 0.29) is 17.5 Å². The molecule has 150 valence electrons. The van der Waals surface area contributed by atoms with Gasteiger partial charge in [-0.05, 0) is 23.8 Å². The van der Waals surface area contributed by atoms with Crippen molar-refractivity contribution in [2.75, 3.05) is 12.4 Å². The summed E-state index contributed by atoms with van der Waals surface area (Å²) in [6, 6.07) is 3.29. The number of carbonyl (C=O) groups excluding carboxylic acids is 2. The maximum absolute atomic E-state index is 12.4. The number of carbonyl (C=O) groups is 2. The monoisotopic (exact) mass is 395 g/mol. The van der Waals surface area contributed by atoms with Gasteiger partial charge < -0.3 is 9.72 Å². The summed E-state index contributed by atoms with van der Waals surface area (Å²) < 4.78 is 4.66. The van der Waals surface area contributed by atoms with Gasteiger partial charge in [-0.1, -0.05) is 26.8 Å². The van der Waals surface area contributed by atoms with Crippen molar-refractivity contribution in [1.82, 2.24) is 19.9 Å². The van der Waals surface area contributed by atoms with E-state index in [9.17, 15) is 14.4 Å². The van der Waals surface area contributed by atoms with E-state index < -0.39 is 16.9 Å². The van der Waals surface area contributed by atoms with E-state index in [0.29, 0.717) is 22.2 Å². The molecule has 0 saturated carbocycles. The van der Waals surface area contributed by atoms with E-state index in [4.69, 9.17) is 0 Å². The Balaban J connectivity index is 1.85. The van der Waals surface area contributed by atoms with Crippen molar-refractivity contribution in [2.45, 2.75) is 20.8 Å². The van der Waals surface area contributed by atoms with Crippen LogP contribution in [0.2, 0.25) is 0 Å². The average Bonchev–Trinajstić information content (AvgIpc) is 3.14. The van der Waals surface area contributed by atoms with Crippen molar-refractivity contribution in [3.8, 4) is 0 Å². The van der Waals surface area contributed by atoms with E-state index in [0.717, 1.165) is 0 Å². The van der Waals surface area contributed by atoms with Gasteiger partial charge in [0.2, 0.25) is 11.9 Å². The number of ether oxygens (including phenoxy) is 1. The van der Waals surface area contributed by atoms with Gasteiger partial charge in [0, 0.05) is 23.5 Å². The number of hydrogen-bond donors (Lipinski definition) is 3. The topological polar surface area (TPSA) is 130 Å². The molecule has 0 aromatic carbocycles. The van der Waals surface area contributed by atoms with Crippen molar-refractivity contribution < 1.29 is 14.3 Å². The maximum Gasteiger partial charge on any atom is 0.339 e. The van der Waals surface area contributed by atoms with E-state index >= 15 is 0 Å². The summed E-state index contributed by atoms with van der Waals surface area (Å²) in [6.07, 6.45) is 6.60. The van der Waals surface area contributed by atoms with Crippen LogP contribution in [0.3, 0.4) is 0 Å². The van der Waals surface area contributed by atoms with Gasteiger partial charge in [0.15, 0.2) is 5.65 Å². The summed E-state index contributed by atoms with van der Waals surface area (Å²) in [5.74, 6) is -0.642. The van der Waals surface area contributed by atoms with Crippen LogP contribution >= 0.6 is 0 Å². The number of aromatic amines is 2. The lowest BCUT2D eigenvalue weighted by Crippen LogP contribution is -2.29. The summed E-state index contributed by atoms with van der Waals surface area (Å²) in [7, 11) is 1.32. The van der Waals surface area contributed by atoms with Crippen molar-refractivity contribution in [3.63, 3.8) is 0 Å². The second-order valence-electron chi connectivity index (χ2n) is 7.43. The van der Waals surface area contributed by atoms with Gasteiger partial charge in [0.1, 0.15) is 0 Å². The second kappa shape index (κ2) is 7.70. The van der Waals surface area contributed by atoms with Crippen LogP contribution in [0.15, 0.2) is 29.3 Å². The van der Waals surface area contributed by atoms with E-state index in [2.05, 4.69) is 30.0 Å². The smallest absolute Gasteiger partial charge is 0.339 e. The van der Waals surface area contributed by atoms with Gasteiger partial charge in [-0.2, -0.15) is 4.98 Å². The zero-order valence-corrected chi connectivity index (χ0v) is 16.5. The normalized spacial score (nSPS) is 11.7. The first-order valence-corrected chi connectivity index (χ1v) is 8.84. The first-order chi connectivity index (χ1) is 13.7. The number of pyridine rings is 1. The Morgan fingerprint density at radius 3 is 2.66 bits per heavy atom. The van der Waals surface area contributed by atoms with E-state index in [1.807, 2.05) is 0 Å². The molecular weight excluding hydrogens is 374 g/mol. The highest BCUT2D eigenvalue weighted by atomic mass is 16.5. The SMILES string of the molecule is COC(=O)c1c[nH]c(/C=C/c2cnc3nc(NC(=O)C(C)(C)C)[nH]c(=O)c3c2)c1. The fourth-order valence-corrected chi connectivity index (χ4v) is 2.41. The molecule has 0 radical (unpaired) electrons. The van der Waals surface area contributed by atoms with Crippen molar-refractivity contribution in [3.05, 3.63) is 51.7 Å². The van der Waals surface area contributed by atoms with Crippen LogP contribution in [-0.4, -0.2) is 38.9 Å². The Morgan fingerprint density at radius 1 is 1.21 bits per heavy atom. The lowest BCUT2D eigenvalue weighted by atomic mass is 9.96. The number of H-pyrrole nitrogens is 2. The van der Waals surface area contributed by atoms with Crippen molar-refractivity contribution in [2.24, 2.45) is 5.41 Å². The standard InChI is InChI=1S/C20H21N5O4/c1-20(2,3)18(28)25-19-23-15-14(16(26)24-19)7-11(9-22-15)5-6-13-8-12(10-21-13)17(27)29-4/h5-10,21H,1-4H3,(H2,22,23,24,25,26,28)/b6-5+. The molecule has 0 saturated heterocycles. The molecule has 9 nitrogen and oxygen atoms in total. The van der Waals surface area contributed by atoms with Crippen LogP contribution in [0.25, 0.3) is 23.2 Å². The molecule has 0 aliphatic heterocycles. The molecule has 0 aliphatic carbocycles. The van der Waals surface area contributed by atoms with Crippen molar-refractivity contribution >= 4 is 41.0 Å². The van der Waals surface area contributed by atoms with Gasteiger partial charge in [0.05, 0.1) is 18.1 Å². The Labute approximate surface area is 166 Å². The first kappa shape index (κ1) is 20.0. The second-order valence-corrected chi connectivity index (χ2v) is 7.43. The minimum atomic E-state index is -0.624. The molecule has 3 aromatic heterocycles. The lowest BCUT2D eigenvalue weighted by Gasteiger charge is -2.16. The number of esters is 1. The number of rotatable bonds is 4. The number of aromatic nitrogens is 4. The van der Waals surface area contributed by atoms with Gasteiger partial charge in [-0.3, -0.25) is 19.9 Å². The number of methoxy groups -OCH3 is 1. The van der Waals surface area contributed by atoms with Gasteiger partial charge in [-0.25, -0.2) is 9.78 Å². The number of anilines is 1. The molecule has 3 N–H and O–H groups in total. The number of amides is 1. The third-order valence-corrected chi connectivity index (χ3v) is 4.08. The minimum absolute atomic E-state index is 0.0555. The molecule has 1 amide bonds. The summed E-state index contributed by atoms with van der Waals surface area (Å²) >= 11 is 0. The largest absolute Gasteiger partial charge is 0.465 e. The first-order valence-electron chi connectivity index (χ1n) is 8.84. The quantitative estimate of drug-likeness (QED) is 0.582. The zero-order chi connectivity index (χ0) is 21.2. The van der Waals surface area contributed by atoms with Crippen LogP contribution in [0, 0.1) is 5.41 Å². The predicted octanol–water partition coefficient (Wildman–Crippen LogP) is 2.59. The summed E-state index contributed by atoms with van der Waals surface area (Å²) in [4.78, 5) is 49.9. The van der Waals surface area contributed by atoms with Gasteiger partial charge in [0.25, 0.3) is 5.56 Å². The highest BCUT2D eigenvalue weighted by molar-refractivity contribution is 5.93. The highest BCUT2D eigenvalue weighted by Crippen LogP contribution is 2.16. The Hall–Kier alpha value is -3.75. The van der Waals surface area contributed by atoms with E-state index in [1.165, 1.54) is 7.11 Å². The molecule has 0 unspecified atom stereocenters. The molecule has 0 fully saturated rings. The van der Waals surface area contributed by atoms with Gasteiger partial charge >= 0.3 is 5.97 Å². The fraction of sp³-hybridized carbons (Fsp3) is 0.250. The van der Waals surface area contributed by atoms with Crippen LogP contribution in [0.1, 0.15) is 42.4 Å². The van der Waals surface area contributed by atoms with Crippen LogP contribution < -0.4 is 10.9 Å². The minimum Gasteiger partial charge on any atom is -0.465 e.